The lowest BCUT2D eigenvalue weighted by Gasteiger charge is -2.00. The SMILES string of the molecule is CC(=O)SCCC=Cc1ccc(F)c(CC#N)c1. The first-order valence-electron chi connectivity index (χ1n) is 5.58. The van der Waals surface area contributed by atoms with Crippen molar-refractivity contribution < 1.29 is 9.18 Å². The van der Waals surface area contributed by atoms with E-state index in [2.05, 4.69) is 0 Å². The molecule has 0 aliphatic carbocycles. The van der Waals surface area contributed by atoms with Crippen LogP contribution in [0, 0.1) is 17.1 Å². The molecule has 0 atom stereocenters. The van der Waals surface area contributed by atoms with E-state index in [1.54, 1.807) is 19.1 Å². The Hall–Kier alpha value is -1.60. The van der Waals surface area contributed by atoms with Crippen LogP contribution in [-0.2, 0) is 11.2 Å². The number of benzene rings is 1. The summed E-state index contributed by atoms with van der Waals surface area (Å²) in [6.45, 7) is 1.54. The average molecular weight is 263 g/mol. The third-order valence-corrected chi connectivity index (χ3v) is 3.09. The summed E-state index contributed by atoms with van der Waals surface area (Å²) in [5, 5.41) is 8.68. The van der Waals surface area contributed by atoms with Gasteiger partial charge in [-0.3, -0.25) is 4.79 Å². The van der Waals surface area contributed by atoms with Crippen LogP contribution in [0.25, 0.3) is 6.08 Å². The summed E-state index contributed by atoms with van der Waals surface area (Å²) < 4.78 is 13.3. The Labute approximate surface area is 111 Å². The predicted molar refractivity (Wildman–Crippen MR) is 72.5 cm³/mol. The zero-order valence-electron chi connectivity index (χ0n) is 10.1. The molecule has 0 saturated carbocycles. The molecule has 0 aliphatic heterocycles. The Morgan fingerprint density at radius 1 is 1.56 bits per heavy atom. The number of thioether (sulfide) groups is 1. The van der Waals surface area contributed by atoms with Crippen molar-refractivity contribution in [2.24, 2.45) is 0 Å². The Morgan fingerprint density at radius 3 is 3.00 bits per heavy atom. The first kappa shape index (κ1) is 14.5. The van der Waals surface area contributed by atoms with Crippen molar-refractivity contribution in [3.63, 3.8) is 0 Å². The Kier molecular flexibility index (Phi) is 6.16. The number of carbonyl (C=O) groups is 1. The molecule has 1 aromatic carbocycles. The van der Waals surface area contributed by atoms with E-state index < -0.39 is 0 Å². The number of nitriles is 1. The molecule has 0 spiro atoms. The smallest absolute Gasteiger partial charge is 0.185 e. The van der Waals surface area contributed by atoms with Gasteiger partial charge in [-0.1, -0.05) is 30.0 Å². The Morgan fingerprint density at radius 2 is 2.33 bits per heavy atom. The molecule has 0 saturated heterocycles. The molecular weight excluding hydrogens is 249 g/mol. The van der Waals surface area contributed by atoms with Gasteiger partial charge < -0.3 is 0 Å². The molecule has 4 heteroatoms. The number of halogens is 1. The summed E-state index contributed by atoms with van der Waals surface area (Å²) in [5.74, 6) is 0.402. The Bertz CT molecular complexity index is 491. The average Bonchev–Trinajstić information content (AvgIpc) is 2.32. The second kappa shape index (κ2) is 7.67. The number of hydrogen-bond donors (Lipinski definition) is 0. The summed E-state index contributed by atoms with van der Waals surface area (Å²) >= 11 is 1.29. The van der Waals surface area contributed by atoms with E-state index in [1.807, 2.05) is 18.2 Å². The summed E-state index contributed by atoms with van der Waals surface area (Å²) in [6.07, 6.45) is 4.68. The van der Waals surface area contributed by atoms with Crippen molar-refractivity contribution >= 4 is 23.0 Å². The van der Waals surface area contributed by atoms with Crippen LogP contribution in [-0.4, -0.2) is 10.9 Å². The number of carbonyl (C=O) groups excluding carboxylic acids is 1. The number of nitrogens with zero attached hydrogens (tertiary/aromatic N) is 1. The zero-order chi connectivity index (χ0) is 13.4. The van der Waals surface area contributed by atoms with Gasteiger partial charge in [0.05, 0.1) is 12.5 Å². The largest absolute Gasteiger partial charge is 0.288 e. The number of hydrogen-bond acceptors (Lipinski definition) is 3. The minimum Gasteiger partial charge on any atom is -0.288 e. The highest BCUT2D eigenvalue weighted by atomic mass is 32.2. The van der Waals surface area contributed by atoms with E-state index in [-0.39, 0.29) is 17.4 Å². The monoisotopic (exact) mass is 263 g/mol. The van der Waals surface area contributed by atoms with Gasteiger partial charge in [0.2, 0.25) is 0 Å². The van der Waals surface area contributed by atoms with E-state index in [1.165, 1.54) is 17.8 Å². The molecule has 1 rings (SSSR count). The van der Waals surface area contributed by atoms with Gasteiger partial charge in [-0.15, -0.1) is 0 Å². The molecular formula is C14H14FNOS. The maximum Gasteiger partial charge on any atom is 0.185 e. The van der Waals surface area contributed by atoms with Crippen molar-refractivity contribution in [3.05, 3.63) is 41.2 Å². The topological polar surface area (TPSA) is 40.9 Å². The second-order valence-corrected chi connectivity index (χ2v) is 4.99. The van der Waals surface area contributed by atoms with Crippen LogP contribution >= 0.6 is 11.8 Å². The van der Waals surface area contributed by atoms with Crippen molar-refractivity contribution in [3.8, 4) is 6.07 Å². The quantitative estimate of drug-likeness (QED) is 0.762. The van der Waals surface area contributed by atoms with Gasteiger partial charge >= 0.3 is 0 Å². The van der Waals surface area contributed by atoms with Gasteiger partial charge in [-0.05, 0) is 24.1 Å². The van der Waals surface area contributed by atoms with Crippen LogP contribution in [0.4, 0.5) is 4.39 Å². The highest BCUT2D eigenvalue weighted by Gasteiger charge is 2.01. The molecule has 0 bridgehead atoms. The number of allylic oxidation sites excluding steroid dienone is 1. The third-order valence-electron chi connectivity index (χ3n) is 2.24. The molecule has 0 N–H and O–H groups in total. The molecule has 0 aromatic heterocycles. The maximum absolute atomic E-state index is 13.3. The van der Waals surface area contributed by atoms with E-state index in [0.29, 0.717) is 5.56 Å². The molecule has 0 amide bonds. The lowest BCUT2D eigenvalue weighted by molar-refractivity contribution is -0.109. The first-order valence-corrected chi connectivity index (χ1v) is 6.57. The first-order chi connectivity index (χ1) is 8.63. The van der Waals surface area contributed by atoms with Crippen LogP contribution < -0.4 is 0 Å². The minimum atomic E-state index is -0.346. The summed E-state index contributed by atoms with van der Waals surface area (Å²) in [5.41, 5.74) is 1.28. The van der Waals surface area contributed by atoms with E-state index in [0.717, 1.165) is 17.7 Å². The van der Waals surface area contributed by atoms with Crippen LogP contribution in [0.3, 0.4) is 0 Å². The lowest BCUT2D eigenvalue weighted by atomic mass is 10.1. The molecule has 0 aliphatic rings. The second-order valence-electron chi connectivity index (χ2n) is 3.72. The zero-order valence-corrected chi connectivity index (χ0v) is 11.0. The summed E-state index contributed by atoms with van der Waals surface area (Å²) in [7, 11) is 0. The maximum atomic E-state index is 13.3. The van der Waals surface area contributed by atoms with Gasteiger partial charge in [0.25, 0.3) is 0 Å². The van der Waals surface area contributed by atoms with E-state index in [9.17, 15) is 9.18 Å². The predicted octanol–water partition coefficient (Wildman–Crippen LogP) is 3.57. The van der Waals surface area contributed by atoms with Crippen LogP contribution in [0.5, 0.6) is 0 Å². The normalized spacial score (nSPS) is 10.5. The fourth-order valence-electron chi connectivity index (χ4n) is 1.41. The highest BCUT2D eigenvalue weighted by Crippen LogP contribution is 2.13. The van der Waals surface area contributed by atoms with Gasteiger partial charge in [0.1, 0.15) is 5.82 Å². The molecule has 0 heterocycles. The fraction of sp³-hybridized carbons (Fsp3) is 0.286. The summed E-state index contributed by atoms with van der Waals surface area (Å²) in [6, 6.07) is 6.65. The van der Waals surface area contributed by atoms with Gasteiger partial charge in [-0.2, -0.15) is 5.26 Å². The highest BCUT2D eigenvalue weighted by molar-refractivity contribution is 8.13. The Balaban J connectivity index is 2.57. The molecule has 2 nitrogen and oxygen atoms in total. The van der Waals surface area contributed by atoms with Crippen molar-refractivity contribution in [2.75, 3.05) is 5.75 Å². The standard InChI is InChI=1S/C14H14FNOS/c1-11(17)18-9-3-2-4-12-5-6-14(15)13(10-12)7-8-16/h2,4-6,10H,3,7,9H2,1H3. The van der Waals surface area contributed by atoms with E-state index >= 15 is 0 Å². The molecule has 18 heavy (non-hydrogen) atoms. The van der Waals surface area contributed by atoms with Crippen LogP contribution in [0.1, 0.15) is 24.5 Å². The van der Waals surface area contributed by atoms with E-state index in [4.69, 9.17) is 5.26 Å². The third kappa shape index (κ3) is 5.15. The molecule has 94 valence electrons. The van der Waals surface area contributed by atoms with Gasteiger partial charge in [0, 0.05) is 18.2 Å². The van der Waals surface area contributed by atoms with Gasteiger partial charge in [0.15, 0.2) is 5.12 Å². The van der Waals surface area contributed by atoms with Crippen molar-refractivity contribution in [1.29, 1.82) is 5.26 Å². The molecule has 1 aromatic rings. The van der Waals surface area contributed by atoms with Crippen LogP contribution in [0.15, 0.2) is 24.3 Å². The molecule has 0 radical (unpaired) electrons. The molecule has 0 unspecified atom stereocenters. The van der Waals surface area contributed by atoms with Crippen molar-refractivity contribution in [2.45, 2.75) is 19.8 Å². The van der Waals surface area contributed by atoms with Crippen molar-refractivity contribution in [1.82, 2.24) is 0 Å². The fourth-order valence-corrected chi connectivity index (χ4v) is 1.95. The van der Waals surface area contributed by atoms with Crippen LogP contribution in [0.2, 0.25) is 0 Å². The lowest BCUT2D eigenvalue weighted by Crippen LogP contribution is -1.89. The number of rotatable bonds is 5. The summed E-state index contributed by atoms with van der Waals surface area (Å²) in [4.78, 5) is 10.7. The molecule has 0 fully saturated rings. The minimum absolute atomic E-state index is 0.0771. The van der Waals surface area contributed by atoms with Gasteiger partial charge in [-0.25, -0.2) is 4.39 Å².